The second-order valence-electron chi connectivity index (χ2n) is 6.45. The summed E-state index contributed by atoms with van der Waals surface area (Å²) in [6.45, 7) is 0.535. The van der Waals surface area contributed by atoms with Crippen LogP contribution in [0.25, 0.3) is 11.3 Å². The van der Waals surface area contributed by atoms with Gasteiger partial charge in [-0.1, -0.05) is 11.6 Å². The van der Waals surface area contributed by atoms with Crippen molar-refractivity contribution in [2.45, 2.75) is 38.3 Å². The summed E-state index contributed by atoms with van der Waals surface area (Å²) >= 11 is 6.13. The van der Waals surface area contributed by atoms with Crippen LogP contribution in [0.3, 0.4) is 0 Å². The normalized spacial score (nSPS) is 20.0. The molecule has 1 fully saturated rings. The molecule has 0 bridgehead atoms. The van der Waals surface area contributed by atoms with Crippen LogP contribution in [-0.2, 0) is 11.3 Å². The minimum absolute atomic E-state index is 0.0656. The van der Waals surface area contributed by atoms with Crippen LogP contribution in [0.5, 0.6) is 0 Å². The molecule has 0 unspecified atom stereocenters. The predicted molar refractivity (Wildman–Crippen MR) is 96.0 cm³/mol. The fourth-order valence-electron chi connectivity index (χ4n) is 3.22. The van der Waals surface area contributed by atoms with Gasteiger partial charge in [0.15, 0.2) is 0 Å². The summed E-state index contributed by atoms with van der Waals surface area (Å²) in [5, 5.41) is 23.5. The van der Waals surface area contributed by atoms with Crippen molar-refractivity contribution in [2.24, 2.45) is 5.92 Å². The zero-order valence-corrected chi connectivity index (χ0v) is 14.7. The Labute approximate surface area is 155 Å². The van der Waals surface area contributed by atoms with E-state index in [-0.39, 0.29) is 22.7 Å². The van der Waals surface area contributed by atoms with Crippen molar-refractivity contribution < 1.29 is 19.2 Å². The predicted octanol–water partition coefficient (Wildman–Crippen LogP) is 4.24. The third-order valence-corrected chi connectivity index (χ3v) is 5.04. The Hall–Kier alpha value is -2.38. The molecule has 0 aliphatic heterocycles. The van der Waals surface area contributed by atoms with Gasteiger partial charge in [0.05, 0.1) is 22.4 Å². The number of non-ortho nitro benzene ring substituents is 1. The number of rotatable bonds is 6. The quantitative estimate of drug-likeness (QED) is 0.575. The number of nitro benzene ring substituents is 1. The van der Waals surface area contributed by atoms with Gasteiger partial charge < -0.3 is 14.8 Å². The van der Waals surface area contributed by atoms with Gasteiger partial charge in [-0.2, -0.15) is 0 Å². The van der Waals surface area contributed by atoms with Crippen LogP contribution in [-0.4, -0.2) is 22.0 Å². The van der Waals surface area contributed by atoms with Crippen molar-refractivity contribution in [3.8, 4) is 11.3 Å². The summed E-state index contributed by atoms with van der Waals surface area (Å²) in [5.41, 5.74) is 0.537. The molecule has 7 nitrogen and oxygen atoms in total. The molecule has 0 saturated heterocycles. The highest BCUT2D eigenvalue weighted by molar-refractivity contribution is 6.33. The second kappa shape index (κ2) is 7.88. The van der Waals surface area contributed by atoms with Crippen molar-refractivity contribution >= 4 is 23.3 Å². The second-order valence-corrected chi connectivity index (χ2v) is 6.86. The number of benzene rings is 1. The first-order valence-electron chi connectivity index (χ1n) is 8.43. The number of carboxylic acid groups (broad SMARTS) is 1. The van der Waals surface area contributed by atoms with E-state index in [0.717, 1.165) is 18.6 Å². The molecule has 138 valence electrons. The minimum Gasteiger partial charge on any atom is -0.481 e. The number of hydrogen-bond acceptors (Lipinski definition) is 5. The van der Waals surface area contributed by atoms with Crippen molar-refractivity contribution in [3.63, 3.8) is 0 Å². The number of aliphatic carboxylic acids is 1. The summed E-state index contributed by atoms with van der Waals surface area (Å²) < 4.78 is 5.79. The average molecular weight is 379 g/mol. The van der Waals surface area contributed by atoms with Crippen LogP contribution in [0.1, 0.15) is 31.4 Å². The van der Waals surface area contributed by atoms with Gasteiger partial charge in [0.1, 0.15) is 11.5 Å². The van der Waals surface area contributed by atoms with Gasteiger partial charge in [0.2, 0.25) is 0 Å². The number of furan rings is 1. The lowest BCUT2D eigenvalue weighted by Crippen LogP contribution is -2.34. The SMILES string of the molecule is O=C(O)C1CCC(NCc2ccc(-c3ccc([N+](=O)[O-])cc3Cl)o2)CC1. The van der Waals surface area contributed by atoms with Crippen LogP contribution in [0.2, 0.25) is 5.02 Å². The first-order chi connectivity index (χ1) is 12.4. The summed E-state index contributed by atoms with van der Waals surface area (Å²) in [7, 11) is 0. The minimum atomic E-state index is -0.709. The summed E-state index contributed by atoms with van der Waals surface area (Å²) in [4.78, 5) is 21.3. The van der Waals surface area contributed by atoms with E-state index in [4.69, 9.17) is 21.1 Å². The van der Waals surface area contributed by atoms with Crippen LogP contribution in [0.4, 0.5) is 5.69 Å². The molecule has 1 aromatic carbocycles. The topological polar surface area (TPSA) is 106 Å². The van der Waals surface area contributed by atoms with Gasteiger partial charge in [-0.05, 0) is 43.9 Å². The number of hydrogen-bond donors (Lipinski definition) is 2. The van der Waals surface area contributed by atoms with Gasteiger partial charge in [-0.25, -0.2) is 0 Å². The lowest BCUT2D eigenvalue weighted by Gasteiger charge is -2.26. The Morgan fingerprint density at radius 3 is 2.62 bits per heavy atom. The zero-order chi connectivity index (χ0) is 18.7. The van der Waals surface area contributed by atoms with E-state index in [0.29, 0.717) is 30.7 Å². The van der Waals surface area contributed by atoms with E-state index >= 15 is 0 Å². The summed E-state index contributed by atoms with van der Waals surface area (Å²) in [5.74, 6) is 0.345. The third-order valence-electron chi connectivity index (χ3n) is 4.73. The average Bonchev–Trinajstić information content (AvgIpc) is 3.08. The summed E-state index contributed by atoms with van der Waals surface area (Å²) in [6.07, 6.45) is 3.04. The van der Waals surface area contributed by atoms with Crippen LogP contribution in [0.15, 0.2) is 34.7 Å². The molecule has 0 atom stereocenters. The van der Waals surface area contributed by atoms with E-state index in [1.54, 1.807) is 12.1 Å². The van der Waals surface area contributed by atoms with Crippen LogP contribution < -0.4 is 5.32 Å². The molecular formula is C18H19ClN2O5. The fourth-order valence-corrected chi connectivity index (χ4v) is 3.49. The van der Waals surface area contributed by atoms with Gasteiger partial charge >= 0.3 is 5.97 Å². The summed E-state index contributed by atoms with van der Waals surface area (Å²) in [6, 6.07) is 8.17. The Kier molecular flexibility index (Phi) is 5.58. The van der Waals surface area contributed by atoms with E-state index < -0.39 is 10.9 Å². The third kappa shape index (κ3) is 4.23. The Morgan fingerprint density at radius 1 is 1.27 bits per heavy atom. The number of carboxylic acids is 1. The van der Waals surface area contributed by atoms with Gasteiger partial charge in [0.25, 0.3) is 5.69 Å². The number of nitro groups is 1. The van der Waals surface area contributed by atoms with E-state index in [1.807, 2.05) is 6.07 Å². The van der Waals surface area contributed by atoms with Crippen molar-refractivity contribution in [1.82, 2.24) is 5.32 Å². The van der Waals surface area contributed by atoms with Crippen LogP contribution in [0, 0.1) is 16.0 Å². The first kappa shape index (κ1) is 18.4. The highest BCUT2D eigenvalue weighted by Crippen LogP contribution is 2.32. The fraction of sp³-hybridized carbons (Fsp3) is 0.389. The molecule has 1 heterocycles. The molecule has 1 aliphatic carbocycles. The zero-order valence-electron chi connectivity index (χ0n) is 14.0. The molecule has 2 N–H and O–H groups in total. The van der Waals surface area contributed by atoms with E-state index in [1.165, 1.54) is 12.1 Å². The smallest absolute Gasteiger partial charge is 0.306 e. The number of nitrogens with one attached hydrogen (secondary N) is 1. The molecular weight excluding hydrogens is 360 g/mol. The maximum Gasteiger partial charge on any atom is 0.306 e. The number of carbonyl (C=O) groups is 1. The Balaban J connectivity index is 1.59. The van der Waals surface area contributed by atoms with E-state index in [2.05, 4.69) is 5.32 Å². The maximum absolute atomic E-state index is 11.0. The van der Waals surface area contributed by atoms with Crippen molar-refractivity contribution in [1.29, 1.82) is 0 Å². The molecule has 26 heavy (non-hydrogen) atoms. The Morgan fingerprint density at radius 2 is 2.00 bits per heavy atom. The van der Waals surface area contributed by atoms with Crippen molar-refractivity contribution in [2.75, 3.05) is 0 Å². The molecule has 3 rings (SSSR count). The molecule has 1 aromatic heterocycles. The molecule has 0 spiro atoms. The standard InChI is InChI=1S/C18H19ClN2O5/c19-16-9-13(21(24)25)5-7-15(16)17-8-6-14(26-17)10-20-12-3-1-11(2-4-12)18(22)23/h5-9,11-12,20H,1-4,10H2,(H,22,23). The van der Waals surface area contributed by atoms with Crippen LogP contribution >= 0.6 is 11.6 Å². The monoisotopic (exact) mass is 378 g/mol. The van der Waals surface area contributed by atoms with Gasteiger partial charge in [-0.3, -0.25) is 14.9 Å². The van der Waals surface area contributed by atoms with E-state index in [9.17, 15) is 14.9 Å². The van der Waals surface area contributed by atoms with Crippen molar-refractivity contribution in [3.05, 3.63) is 51.2 Å². The molecule has 1 aliphatic rings. The Bertz CT molecular complexity index is 812. The molecule has 2 aromatic rings. The molecule has 0 amide bonds. The number of nitrogens with zero attached hydrogens (tertiary/aromatic N) is 1. The maximum atomic E-state index is 11.0. The molecule has 0 radical (unpaired) electrons. The first-order valence-corrected chi connectivity index (χ1v) is 8.81. The molecule has 1 saturated carbocycles. The van der Waals surface area contributed by atoms with Gasteiger partial charge in [-0.15, -0.1) is 0 Å². The highest BCUT2D eigenvalue weighted by atomic mass is 35.5. The lowest BCUT2D eigenvalue weighted by molar-refractivity contribution is -0.384. The molecule has 8 heteroatoms. The van der Waals surface area contributed by atoms with Gasteiger partial charge in [0, 0.05) is 23.7 Å². The largest absolute Gasteiger partial charge is 0.481 e. The highest BCUT2D eigenvalue weighted by Gasteiger charge is 2.25. The lowest BCUT2D eigenvalue weighted by atomic mass is 9.86. The number of halogens is 1.